The summed E-state index contributed by atoms with van der Waals surface area (Å²) in [6.45, 7) is 0.993. The molecule has 0 aromatic heterocycles. The lowest BCUT2D eigenvalue weighted by molar-refractivity contribution is 0.200. The molecule has 1 spiro atoms. The lowest BCUT2D eigenvalue weighted by atomic mass is 10.1. The van der Waals surface area contributed by atoms with Crippen molar-refractivity contribution in [2.24, 2.45) is 16.6 Å². The van der Waals surface area contributed by atoms with Gasteiger partial charge in [-0.25, -0.2) is 0 Å². The largest absolute Gasteiger partial charge is 0.396 e. The topological polar surface area (TPSA) is 46.2 Å². The van der Waals surface area contributed by atoms with E-state index in [1.807, 2.05) is 0 Å². The molecule has 0 heterocycles. The maximum Gasteiger partial charge on any atom is 0.0505 e. The molecule has 0 bridgehead atoms. The van der Waals surface area contributed by atoms with Crippen LogP contribution in [-0.2, 0) is 0 Å². The molecule has 2 aliphatic rings. The Hall–Kier alpha value is -0.0800. The molecule has 2 heteroatoms. The summed E-state index contributed by atoms with van der Waals surface area (Å²) >= 11 is 0. The summed E-state index contributed by atoms with van der Waals surface area (Å²) in [5, 5.41) is 8.95. The summed E-state index contributed by atoms with van der Waals surface area (Å²) in [7, 11) is 0. The lowest BCUT2D eigenvalue weighted by Crippen LogP contribution is -2.22. The molecule has 1 atom stereocenters. The second-order valence-electron chi connectivity index (χ2n) is 3.60. The number of aliphatic hydroxyl groups is 1. The van der Waals surface area contributed by atoms with Gasteiger partial charge < -0.3 is 10.8 Å². The van der Waals surface area contributed by atoms with Crippen molar-refractivity contribution in [3.05, 3.63) is 0 Å². The molecule has 0 aromatic carbocycles. The number of nitrogens with two attached hydrogens (primary N) is 1. The molecule has 9 heavy (non-hydrogen) atoms. The molecule has 0 aromatic rings. The predicted molar refractivity (Wildman–Crippen MR) is 34.9 cm³/mol. The molecule has 0 aliphatic heterocycles. The first-order valence-electron chi connectivity index (χ1n) is 3.60. The molecule has 2 rings (SSSR count). The van der Waals surface area contributed by atoms with E-state index in [4.69, 9.17) is 10.8 Å². The highest BCUT2D eigenvalue weighted by Crippen LogP contribution is 2.77. The van der Waals surface area contributed by atoms with Crippen LogP contribution in [0.15, 0.2) is 0 Å². The van der Waals surface area contributed by atoms with Crippen LogP contribution in [0, 0.1) is 10.8 Å². The first-order chi connectivity index (χ1) is 4.29. The van der Waals surface area contributed by atoms with Gasteiger partial charge in [-0.05, 0) is 24.7 Å². The highest BCUT2D eigenvalue weighted by atomic mass is 16.3. The maximum absolute atomic E-state index is 8.95. The molecule has 2 saturated carbocycles. The standard InChI is InChI=1S/C7H13NO/c8-4-7(5-9)3-6(7)1-2-6/h9H,1-5,8H2. The Balaban J connectivity index is 2.08. The maximum atomic E-state index is 8.95. The fraction of sp³-hybridized carbons (Fsp3) is 1.00. The van der Waals surface area contributed by atoms with Gasteiger partial charge in [-0.2, -0.15) is 0 Å². The molecule has 1 unspecified atom stereocenters. The van der Waals surface area contributed by atoms with Gasteiger partial charge in [0.2, 0.25) is 0 Å². The van der Waals surface area contributed by atoms with E-state index in [1.165, 1.54) is 19.3 Å². The SMILES string of the molecule is NCC1(CO)CC12CC2. The Morgan fingerprint density at radius 1 is 1.44 bits per heavy atom. The highest BCUT2D eigenvalue weighted by molar-refractivity contribution is 5.22. The van der Waals surface area contributed by atoms with E-state index in [0.717, 1.165) is 0 Å². The van der Waals surface area contributed by atoms with E-state index in [-0.39, 0.29) is 5.41 Å². The van der Waals surface area contributed by atoms with Crippen LogP contribution in [0.5, 0.6) is 0 Å². The van der Waals surface area contributed by atoms with Crippen LogP contribution in [0.25, 0.3) is 0 Å². The van der Waals surface area contributed by atoms with Gasteiger partial charge in [0.25, 0.3) is 0 Å². The van der Waals surface area contributed by atoms with Gasteiger partial charge in [0, 0.05) is 12.0 Å². The summed E-state index contributed by atoms with van der Waals surface area (Å²) in [6, 6.07) is 0. The van der Waals surface area contributed by atoms with Gasteiger partial charge >= 0.3 is 0 Å². The zero-order valence-electron chi connectivity index (χ0n) is 5.56. The minimum Gasteiger partial charge on any atom is -0.396 e. The van der Waals surface area contributed by atoms with Crippen molar-refractivity contribution in [3.63, 3.8) is 0 Å². The van der Waals surface area contributed by atoms with E-state index >= 15 is 0 Å². The lowest BCUT2D eigenvalue weighted by Gasteiger charge is -2.08. The molecule has 0 saturated heterocycles. The van der Waals surface area contributed by atoms with Crippen LogP contribution in [0.1, 0.15) is 19.3 Å². The number of hydrogen-bond donors (Lipinski definition) is 2. The molecule has 2 aliphatic carbocycles. The average molecular weight is 127 g/mol. The molecule has 2 nitrogen and oxygen atoms in total. The minimum absolute atomic E-state index is 0.174. The Kier molecular flexibility index (Phi) is 0.837. The quantitative estimate of drug-likeness (QED) is 0.553. The monoisotopic (exact) mass is 127 g/mol. The van der Waals surface area contributed by atoms with Crippen molar-refractivity contribution < 1.29 is 5.11 Å². The van der Waals surface area contributed by atoms with Crippen LogP contribution < -0.4 is 5.73 Å². The fourth-order valence-electron chi connectivity index (χ4n) is 2.04. The van der Waals surface area contributed by atoms with Gasteiger partial charge in [0.15, 0.2) is 0 Å². The number of rotatable bonds is 2. The number of hydrogen-bond acceptors (Lipinski definition) is 2. The average Bonchev–Trinajstić information content (AvgIpc) is 2.76. The molecule has 2 fully saturated rings. The second-order valence-corrected chi connectivity index (χ2v) is 3.60. The minimum atomic E-state index is 0.174. The van der Waals surface area contributed by atoms with Crippen LogP contribution in [-0.4, -0.2) is 18.3 Å². The van der Waals surface area contributed by atoms with Gasteiger partial charge in [-0.15, -0.1) is 0 Å². The van der Waals surface area contributed by atoms with E-state index in [0.29, 0.717) is 18.6 Å². The summed E-state index contributed by atoms with van der Waals surface area (Å²) in [6.07, 6.45) is 3.81. The van der Waals surface area contributed by atoms with E-state index < -0.39 is 0 Å². The first-order valence-corrected chi connectivity index (χ1v) is 3.60. The van der Waals surface area contributed by atoms with Crippen molar-refractivity contribution in [1.82, 2.24) is 0 Å². The Morgan fingerprint density at radius 2 is 2.11 bits per heavy atom. The molecular weight excluding hydrogens is 114 g/mol. The van der Waals surface area contributed by atoms with E-state index in [9.17, 15) is 0 Å². The Bertz CT molecular complexity index is 136. The summed E-state index contributed by atoms with van der Waals surface area (Å²) in [5.41, 5.74) is 6.25. The zero-order chi connectivity index (χ0) is 6.54. The van der Waals surface area contributed by atoms with Gasteiger partial charge in [0.05, 0.1) is 6.61 Å². The fourth-order valence-corrected chi connectivity index (χ4v) is 2.04. The van der Waals surface area contributed by atoms with Crippen molar-refractivity contribution >= 4 is 0 Å². The molecule has 3 N–H and O–H groups in total. The van der Waals surface area contributed by atoms with Crippen molar-refractivity contribution in [2.75, 3.05) is 13.2 Å². The predicted octanol–water partition coefficient (Wildman–Crippen LogP) is 0.108. The van der Waals surface area contributed by atoms with Gasteiger partial charge in [0.1, 0.15) is 0 Å². The Labute approximate surface area is 55.1 Å². The Morgan fingerprint density at radius 3 is 2.22 bits per heavy atom. The third kappa shape index (κ3) is 0.485. The molecule has 52 valence electrons. The number of aliphatic hydroxyl groups excluding tert-OH is 1. The molecular formula is C7H13NO. The third-order valence-corrected chi connectivity index (χ3v) is 3.22. The van der Waals surface area contributed by atoms with Gasteiger partial charge in [-0.1, -0.05) is 0 Å². The van der Waals surface area contributed by atoms with Crippen molar-refractivity contribution in [1.29, 1.82) is 0 Å². The van der Waals surface area contributed by atoms with Gasteiger partial charge in [-0.3, -0.25) is 0 Å². The van der Waals surface area contributed by atoms with E-state index in [2.05, 4.69) is 0 Å². The zero-order valence-corrected chi connectivity index (χ0v) is 5.56. The first kappa shape index (κ1) is 5.69. The smallest absolute Gasteiger partial charge is 0.0505 e. The van der Waals surface area contributed by atoms with Crippen LogP contribution >= 0.6 is 0 Å². The highest BCUT2D eigenvalue weighted by Gasteiger charge is 2.72. The second kappa shape index (κ2) is 1.32. The van der Waals surface area contributed by atoms with Crippen LogP contribution in [0.2, 0.25) is 0 Å². The molecule has 0 amide bonds. The third-order valence-electron chi connectivity index (χ3n) is 3.22. The summed E-state index contributed by atoms with van der Waals surface area (Å²) in [4.78, 5) is 0. The van der Waals surface area contributed by atoms with E-state index in [1.54, 1.807) is 0 Å². The van der Waals surface area contributed by atoms with Crippen molar-refractivity contribution in [3.8, 4) is 0 Å². The molecule has 0 radical (unpaired) electrons. The normalized spacial score (nSPS) is 43.3. The van der Waals surface area contributed by atoms with Crippen molar-refractivity contribution in [2.45, 2.75) is 19.3 Å². The summed E-state index contributed by atoms with van der Waals surface area (Å²) in [5.74, 6) is 0. The summed E-state index contributed by atoms with van der Waals surface area (Å²) < 4.78 is 0. The van der Waals surface area contributed by atoms with Crippen LogP contribution in [0.4, 0.5) is 0 Å². The van der Waals surface area contributed by atoms with Crippen LogP contribution in [0.3, 0.4) is 0 Å².